The SMILES string of the molecule is C.CC(=O)N1CCC(Cn2ncc3nc(NCc4ccc(Cl)c(Cl)c4)[nH]c(=O)c32)C1.O=c1[nH]c(NCc2ccc(Cl)c(Cl)c2)nc2cnn(CC3CCNC3)c12. The van der Waals surface area contributed by atoms with E-state index in [-0.39, 0.29) is 30.4 Å². The molecule has 5 N–H and O–H groups in total. The van der Waals surface area contributed by atoms with E-state index in [0.717, 1.165) is 50.1 Å². The van der Waals surface area contributed by atoms with Crippen LogP contribution in [0.1, 0.15) is 38.3 Å². The van der Waals surface area contributed by atoms with Gasteiger partial charge in [0.25, 0.3) is 11.1 Å². The molecule has 2 aliphatic rings. The van der Waals surface area contributed by atoms with E-state index >= 15 is 0 Å². The van der Waals surface area contributed by atoms with Gasteiger partial charge in [-0.1, -0.05) is 66.0 Å². The van der Waals surface area contributed by atoms with Crippen LogP contribution in [-0.2, 0) is 31.0 Å². The zero-order valence-corrected chi connectivity index (χ0v) is 32.7. The van der Waals surface area contributed by atoms with Crippen LogP contribution >= 0.6 is 46.4 Å². The molecule has 4 aromatic heterocycles. The summed E-state index contributed by atoms with van der Waals surface area (Å²) in [6.07, 6.45) is 5.22. The first-order chi connectivity index (χ1) is 26.5. The van der Waals surface area contributed by atoms with Crippen molar-refractivity contribution in [2.24, 2.45) is 11.8 Å². The smallest absolute Gasteiger partial charge is 0.278 e. The molecule has 2 atom stereocenters. The lowest BCUT2D eigenvalue weighted by molar-refractivity contribution is -0.127. The quantitative estimate of drug-likeness (QED) is 0.107. The van der Waals surface area contributed by atoms with E-state index < -0.39 is 0 Å². The Morgan fingerprint density at radius 3 is 1.73 bits per heavy atom. The minimum Gasteiger partial charge on any atom is -0.352 e. The second-order valence-electron chi connectivity index (χ2n) is 13.6. The van der Waals surface area contributed by atoms with Crippen molar-refractivity contribution in [3.05, 3.63) is 101 Å². The number of hydrogen-bond donors (Lipinski definition) is 5. The molecule has 2 aliphatic heterocycles. The van der Waals surface area contributed by atoms with Gasteiger partial charge < -0.3 is 20.9 Å². The minimum atomic E-state index is -0.259. The van der Waals surface area contributed by atoms with Crippen LogP contribution < -0.4 is 27.1 Å². The van der Waals surface area contributed by atoms with Gasteiger partial charge in [0.1, 0.15) is 11.0 Å². The molecule has 19 heteroatoms. The van der Waals surface area contributed by atoms with Gasteiger partial charge in [0, 0.05) is 46.2 Å². The van der Waals surface area contributed by atoms with Crippen LogP contribution in [0.3, 0.4) is 0 Å². The second-order valence-corrected chi connectivity index (χ2v) is 15.3. The van der Waals surface area contributed by atoms with Crippen LogP contribution in [0.15, 0.2) is 58.4 Å². The van der Waals surface area contributed by atoms with E-state index in [1.807, 2.05) is 17.0 Å². The van der Waals surface area contributed by atoms with Crippen LogP contribution in [0.5, 0.6) is 0 Å². The summed E-state index contributed by atoms with van der Waals surface area (Å²) in [6, 6.07) is 10.7. The highest BCUT2D eigenvalue weighted by Crippen LogP contribution is 2.25. The minimum absolute atomic E-state index is 0. The van der Waals surface area contributed by atoms with E-state index in [9.17, 15) is 14.4 Å². The van der Waals surface area contributed by atoms with E-state index in [1.54, 1.807) is 52.9 Å². The van der Waals surface area contributed by atoms with E-state index in [0.29, 0.717) is 86.2 Å². The number of nitrogens with zero attached hydrogens (tertiary/aromatic N) is 7. The average molecular weight is 845 g/mol. The number of rotatable bonds is 10. The van der Waals surface area contributed by atoms with Crippen molar-refractivity contribution in [3.63, 3.8) is 0 Å². The zero-order chi connectivity index (χ0) is 38.6. The van der Waals surface area contributed by atoms with Gasteiger partial charge in [-0.15, -0.1) is 0 Å². The standard InChI is InChI=1S/C19H20Cl2N6O2.C17H18Cl2N6O.CH4/c1-11(28)26-5-4-13(9-26)10-27-17-16(8-23-27)24-19(25-18(17)29)22-7-12-2-3-14(20)15(21)6-12;18-12-2-1-10(5-13(12)19)7-21-17-23-14-8-22-25(15(14)16(26)24-17)9-11-3-4-20-6-11;/h2-3,6,8,13H,4-5,7,9-10H2,1H3,(H2,22,24,25,29);1-2,5,8,11,20H,3-4,6-7,9H2,(H2,21,23,24,26);1H4. The van der Waals surface area contributed by atoms with Gasteiger partial charge in [0.05, 0.1) is 32.5 Å². The van der Waals surface area contributed by atoms with E-state index in [4.69, 9.17) is 46.4 Å². The summed E-state index contributed by atoms with van der Waals surface area (Å²) in [5.41, 5.74) is 3.44. The van der Waals surface area contributed by atoms with Gasteiger partial charge in [0.2, 0.25) is 17.8 Å². The summed E-state index contributed by atoms with van der Waals surface area (Å²) in [4.78, 5) is 53.0. The van der Waals surface area contributed by atoms with Gasteiger partial charge >= 0.3 is 0 Å². The third-order valence-electron chi connectivity index (χ3n) is 9.64. The number of aromatic nitrogens is 8. The van der Waals surface area contributed by atoms with Crippen LogP contribution in [0.2, 0.25) is 20.1 Å². The molecule has 56 heavy (non-hydrogen) atoms. The van der Waals surface area contributed by atoms with Gasteiger partial charge in [-0.3, -0.25) is 33.7 Å². The topological polar surface area (TPSA) is 184 Å². The fraction of sp³-hybridized carbons (Fsp3) is 0.378. The molecule has 2 aromatic carbocycles. The summed E-state index contributed by atoms with van der Waals surface area (Å²) in [7, 11) is 0. The molecule has 6 heterocycles. The van der Waals surface area contributed by atoms with Crippen molar-refractivity contribution in [2.45, 2.75) is 53.4 Å². The number of benzene rings is 2. The van der Waals surface area contributed by atoms with Crippen LogP contribution in [0.4, 0.5) is 11.9 Å². The number of carbonyl (C=O) groups excluding carboxylic acids is 1. The monoisotopic (exact) mass is 842 g/mol. The maximum atomic E-state index is 12.6. The lowest BCUT2D eigenvalue weighted by Gasteiger charge is -2.14. The van der Waals surface area contributed by atoms with Crippen LogP contribution in [-0.4, -0.2) is 76.5 Å². The van der Waals surface area contributed by atoms with Crippen LogP contribution in [0, 0.1) is 11.8 Å². The number of fused-ring (bicyclic) bond motifs is 2. The first-order valence-corrected chi connectivity index (χ1v) is 19.3. The highest BCUT2D eigenvalue weighted by Gasteiger charge is 2.26. The van der Waals surface area contributed by atoms with Gasteiger partial charge in [-0.25, -0.2) is 9.97 Å². The van der Waals surface area contributed by atoms with Crippen molar-refractivity contribution < 1.29 is 4.79 Å². The number of halogens is 4. The molecule has 15 nitrogen and oxygen atoms in total. The molecule has 0 aliphatic carbocycles. The summed E-state index contributed by atoms with van der Waals surface area (Å²) in [5.74, 6) is 1.60. The summed E-state index contributed by atoms with van der Waals surface area (Å²) >= 11 is 23.9. The largest absolute Gasteiger partial charge is 0.352 e. The van der Waals surface area contributed by atoms with Gasteiger partial charge in [0.15, 0.2) is 11.0 Å². The number of aromatic amines is 2. The Bertz CT molecular complexity index is 2460. The first kappa shape index (κ1) is 41.0. The molecular formula is C37H42Cl4N12O3. The highest BCUT2D eigenvalue weighted by molar-refractivity contribution is 6.42. The molecule has 2 fully saturated rings. The summed E-state index contributed by atoms with van der Waals surface area (Å²) < 4.78 is 3.43. The van der Waals surface area contributed by atoms with Crippen molar-refractivity contribution in [1.29, 1.82) is 0 Å². The number of carbonyl (C=O) groups is 1. The molecule has 2 unspecified atom stereocenters. The Kier molecular flexibility index (Phi) is 13.2. The number of hydrogen-bond acceptors (Lipinski definition) is 10. The maximum absolute atomic E-state index is 12.6. The number of anilines is 2. The van der Waals surface area contributed by atoms with Crippen molar-refractivity contribution in [3.8, 4) is 0 Å². The molecule has 2 saturated heterocycles. The molecule has 8 rings (SSSR count). The van der Waals surface area contributed by atoms with E-state index in [1.165, 1.54) is 0 Å². The first-order valence-electron chi connectivity index (χ1n) is 17.7. The third-order valence-corrected chi connectivity index (χ3v) is 11.1. The zero-order valence-electron chi connectivity index (χ0n) is 29.7. The highest BCUT2D eigenvalue weighted by atomic mass is 35.5. The Balaban J connectivity index is 0.000000188. The Labute approximate surface area is 342 Å². The van der Waals surface area contributed by atoms with Crippen molar-refractivity contribution >= 4 is 86.3 Å². The Morgan fingerprint density at radius 1 is 0.768 bits per heavy atom. The third kappa shape index (κ3) is 9.64. The predicted octanol–water partition coefficient (Wildman–Crippen LogP) is 6.19. The normalized spacial score (nSPS) is 16.5. The number of H-pyrrole nitrogens is 2. The van der Waals surface area contributed by atoms with Crippen molar-refractivity contribution in [1.82, 2.24) is 49.7 Å². The van der Waals surface area contributed by atoms with Gasteiger partial charge in [-0.05, 0) is 73.2 Å². The number of amides is 1. The molecule has 1 amide bonds. The average Bonchev–Trinajstić information content (AvgIpc) is 3.99. The fourth-order valence-electron chi connectivity index (χ4n) is 6.75. The van der Waals surface area contributed by atoms with Gasteiger partial charge in [-0.2, -0.15) is 10.2 Å². The summed E-state index contributed by atoms with van der Waals surface area (Å²) in [6.45, 7) is 7.17. The molecule has 6 aromatic rings. The lowest BCUT2D eigenvalue weighted by Crippen LogP contribution is -2.27. The van der Waals surface area contributed by atoms with Crippen molar-refractivity contribution in [2.75, 3.05) is 36.8 Å². The van der Waals surface area contributed by atoms with Crippen LogP contribution in [0.25, 0.3) is 22.1 Å². The summed E-state index contributed by atoms with van der Waals surface area (Å²) in [5, 5.41) is 20.2. The Morgan fingerprint density at radius 2 is 1.29 bits per heavy atom. The number of nitrogens with one attached hydrogen (secondary N) is 5. The maximum Gasteiger partial charge on any atom is 0.278 e. The predicted molar refractivity (Wildman–Crippen MR) is 222 cm³/mol. The molecule has 0 saturated carbocycles. The molecule has 0 spiro atoms. The number of likely N-dealkylation sites (tertiary alicyclic amines) is 1. The Hall–Kier alpha value is -4.67. The fourth-order valence-corrected chi connectivity index (χ4v) is 7.40. The lowest BCUT2D eigenvalue weighted by atomic mass is 10.1. The second kappa shape index (κ2) is 18.1. The molecule has 296 valence electrons. The molecule has 0 bridgehead atoms. The molecular weight excluding hydrogens is 802 g/mol. The van der Waals surface area contributed by atoms with E-state index in [2.05, 4.69) is 46.1 Å². The molecule has 0 radical (unpaired) electrons.